The molecule has 0 unspecified atom stereocenters. The standard InChI is InChI=1S/C23H28Cl2N2O3/c1-5-21(23(29)26-15(2)3)27(14-16-8-6-9-17(12-16)30-4)22(28)13-18-19(24)10-7-11-20(18)25/h6-12,15,21H,5,13-14H2,1-4H3,(H,26,29)/t21-/m0/s1. The van der Waals surface area contributed by atoms with E-state index in [0.29, 0.717) is 27.8 Å². The number of benzene rings is 2. The van der Waals surface area contributed by atoms with Crippen LogP contribution in [0.15, 0.2) is 42.5 Å². The average molecular weight is 451 g/mol. The summed E-state index contributed by atoms with van der Waals surface area (Å²) in [5.41, 5.74) is 1.42. The number of hydrogen-bond acceptors (Lipinski definition) is 3. The molecule has 162 valence electrons. The number of methoxy groups -OCH3 is 1. The number of hydrogen-bond donors (Lipinski definition) is 1. The number of rotatable bonds is 9. The largest absolute Gasteiger partial charge is 0.497 e. The molecule has 2 amide bonds. The van der Waals surface area contributed by atoms with Crippen LogP contribution < -0.4 is 10.1 Å². The van der Waals surface area contributed by atoms with Crippen LogP contribution in [-0.2, 0) is 22.6 Å². The van der Waals surface area contributed by atoms with Gasteiger partial charge >= 0.3 is 0 Å². The zero-order valence-corrected chi connectivity index (χ0v) is 19.3. The second-order valence-corrected chi connectivity index (χ2v) is 8.15. The third kappa shape index (κ3) is 6.38. The zero-order chi connectivity index (χ0) is 22.3. The van der Waals surface area contributed by atoms with Crippen LogP contribution >= 0.6 is 23.2 Å². The van der Waals surface area contributed by atoms with E-state index < -0.39 is 6.04 Å². The first-order valence-corrected chi connectivity index (χ1v) is 10.7. The highest BCUT2D eigenvalue weighted by molar-refractivity contribution is 6.36. The first-order valence-electron chi connectivity index (χ1n) is 9.92. The molecule has 1 N–H and O–H groups in total. The van der Waals surface area contributed by atoms with Crippen molar-refractivity contribution in [3.8, 4) is 5.75 Å². The fourth-order valence-electron chi connectivity index (χ4n) is 3.22. The molecule has 0 saturated carbocycles. The molecular formula is C23H28Cl2N2O3. The molecule has 0 fully saturated rings. The maximum absolute atomic E-state index is 13.4. The molecule has 1 atom stereocenters. The molecular weight excluding hydrogens is 423 g/mol. The Labute approximate surface area is 188 Å². The lowest BCUT2D eigenvalue weighted by atomic mass is 10.1. The topological polar surface area (TPSA) is 58.6 Å². The van der Waals surface area contributed by atoms with Crippen molar-refractivity contribution in [1.29, 1.82) is 0 Å². The van der Waals surface area contributed by atoms with Gasteiger partial charge in [0.25, 0.3) is 0 Å². The second-order valence-electron chi connectivity index (χ2n) is 7.34. The van der Waals surface area contributed by atoms with Crippen molar-refractivity contribution in [2.45, 2.75) is 52.2 Å². The molecule has 0 aliphatic carbocycles. The Morgan fingerprint density at radius 3 is 2.30 bits per heavy atom. The SMILES string of the molecule is CC[C@@H](C(=O)NC(C)C)N(Cc1cccc(OC)c1)C(=O)Cc1c(Cl)cccc1Cl. The van der Waals surface area contributed by atoms with E-state index in [1.807, 2.05) is 45.0 Å². The summed E-state index contributed by atoms with van der Waals surface area (Å²) in [5, 5.41) is 3.77. The summed E-state index contributed by atoms with van der Waals surface area (Å²) in [4.78, 5) is 27.8. The van der Waals surface area contributed by atoms with Crippen molar-refractivity contribution >= 4 is 35.0 Å². The molecule has 0 aromatic heterocycles. The van der Waals surface area contributed by atoms with Gasteiger partial charge < -0.3 is 15.0 Å². The molecule has 0 heterocycles. The van der Waals surface area contributed by atoms with Gasteiger partial charge in [0.05, 0.1) is 13.5 Å². The Morgan fingerprint density at radius 2 is 1.73 bits per heavy atom. The van der Waals surface area contributed by atoms with E-state index in [4.69, 9.17) is 27.9 Å². The summed E-state index contributed by atoms with van der Waals surface area (Å²) >= 11 is 12.5. The number of carbonyl (C=O) groups excluding carboxylic acids is 2. The minimum Gasteiger partial charge on any atom is -0.497 e. The van der Waals surface area contributed by atoms with Crippen molar-refractivity contribution in [1.82, 2.24) is 10.2 Å². The maximum Gasteiger partial charge on any atom is 0.243 e. The van der Waals surface area contributed by atoms with Gasteiger partial charge in [-0.15, -0.1) is 0 Å². The molecule has 2 rings (SSSR count). The van der Waals surface area contributed by atoms with Crippen LogP contribution in [0.1, 0.15) is 38.3 Å². The first-order chi connectivity index (χ1) is 14.3. The Kier molecular flexibility index (Phi) is 9.00. The molecule has 2 aromatic rings. The first kappa shape index (κ1) is 24.0. The van der Waals surface area contributed by atoms with Crippen LogP contribution in [-0.4, -0.2) is 35.9 Å². The van der Waals surface area contributed by atoms with Crippen LogP contribution in [0.25, 0.3) is 0 Å². The number of carbonyl (C=O) groups is 2. The molecule has 0 spiro atoms. The predicted molar refractivity (Wildman–Crippen MR) is 121 cm³/mol. The molecule has 0 bridgehead atoms. The summed E-state index contributed by atoms with van der Waals surface area (Å²) in [5.74, 6) is 0.279. The molecule has 7 heteroatoms. The Morgan fingerprint density at radius 1 is 1.10 bits per heavy atom. The number of nitrogens with zero attached hydrogens (tertiary/aromatic N) is 1. The number of amides is 2. The van der Waals surface area contributed by atoms with Crippen molar-refractivity contribution in [3.05, 3.63) is 63.6 Å². The van der Waals surface area contributed by atoms with Crippen LogP contribution in [0.4, 0.5) is 0 Å². The average Bonchev–Trinajstić information content (AvgIpc) is 2.70. The van der Waals surface area contributed by atoms with Crippen LogP contribution in [0, 0.1) is 0 Å². The van der Waals surface area contributed by atoms with E-state index in [-0.39, 0.29) is 30.8 Å². The van der Waals surface area contributed by atoms with Gasteiger partial charge in [0.2, 0.25) is 11.8 Å². The lowest BCUT2D eigenvalue weighted by molar-refractivity contribution is -0.141. The minimum atomic E-state index is -0.618. The summed E-state index contributed by atoms with van der Waals surface area (Å²) in [6, 6.07) is 11.9. The van der Waals surface area contributed by atoms with E-state index >= 15 is 0 Å². The van der Waals surface area contributed by atoms with Crippen molar-refractivity contribution in [3.63, 3.8) is 0 Å². The number of nitrogens with one attached hydrogen (secondary N) is 1. The van der Waals surface area contributed by atoms with Crippen LogP contribution in [0.2, 0.25) is 10.0 Å². The smallest absolute Gasteiger partial charge is 0.243 e. The quantitative estimate of drug-likeness (QED) is 0.592. The minimum absolute atomic E-state index is 0.00787. The zero-order valence-electron chi connectivity index (χ0n) is 17.7. The third-order valence-corrected chi connectivity index (χ3v) is 5.40. The Hall–Kier alpha value is -2.24. The molecule has 0 aliphatic heterocycles. The van der Waals surface area contributed by atoms with Gasteiger partial charge in [-0.1, -0.05) is 48.3 Å². The van der Waals surface area contributed by atoms with Gasteiger partial charge in [-0.3, -0.25) is 9.59 Å². The van der Waals surface area contributed by atoms with Gasteiger partial charge in [0, 0.05) is 22.6 Å². The molecule has 0 saturated heterocycles. The second kappa shape index (κ2) is 11.2. The van der Waals surface area contributed by atoms with Crippen molar-refractivity contribution in [2.75, 3.05) is 7.11 Å². The molecule has 30 heavy (non-hydrogen) atoms. The van der Waals surface area contributed by atoms with E-state index in [9.17, 15) is 9.59 Å². The number of ether oxygens (including phenoxy) is 1. The van der Waals surface area contributed by atoms with Gasteiger partial charge in [0.1, 0.15) is 11.8 Å². The monoisotopic (exact) mass is 450 g/mol. The van der Waals surface area contributed by atoms with Crippen molar-refractivity contribution in [2.24, 2.45) is 0 Å². The predicted octanol–water partition coefficient (Wildman–Crippen LogP) is 4.88. The maximum atomic E-state index is 13.4. The van der Waals surface area contributed by atoms with E-state index in [1.54, 1.807) is 30.2 Å². The van der Waals surface area contributed by atoms with Crippen LogP contribution in [0.3, 0.4) is 0 Å². The highest BCUT2D eigenvalue weighted by atomic mass is 35.5. The third-order valence-electron chi connectivity index (χ3n) is 4.69. The van der Waals surface area contributed by atoms with Gasteiger partial charge in [-0.2, -0.15) is 0 Å². The highest BCUT2D eigenvalue weighted by Gasteiger charge is 2.29. The summed E-state index contributed by atoms with van der Waals surface area (Å²) < 4.78 is 5.29. The summed E-state index contributed by atoms with van der Waals surface area (Å²) in [6.07, 6.45) is 0.485. The van der Waals surface area contributed by atoms with Gasteiger partial charge in [-0.25, -0.2) is 0 Å². The van der Waals surface area contributed by atoms with Gasteiger partial charge in [0.15, 0.2) is 0 Å². The van der Waals surface area contributed by atoms with E-state index in [2.05, 4.69) is 5.32 Å². The summed E-state index contributed by atoms with van der Waals surface area (Å²) in [6.45, 7) is 5.94. The van der Waals surface area contributed by atoms with Gasteiger partial charge in [-0.05, 0) is 55.7 Å². The lowest BCUT2D eigenvalue weighted by Gasteiger charge is -2.31. The molecule has 2 aromatic carbocycles. The molecule has 0 radical (unpaired) electrons. The normalized spacial score (nSPS) is 11.8. The molecule has 0 aliphatic rings. The Bertz CT molecular complexity index is 866. The Balaban J connectivity index is 2.37. The number of halogens is 2. The van der Waals surface area contributed by atoms with E-state index in [1.165, 1.54) is 0 Å². The van der Waals surface area contributed by atoms with Crippen molar-refractivity contribution < 1.29 is 14.3 Å². The van der Waals surface area contributed by atoms with Crippen LogP contribution in [0.5, 0.6) is 5.75 Å². The fraction of sp³-hybridized carbons (Fsp3) is 0.391. The van der Waals surface area contributed by atoms with E-state index in [0.717, 1.165) is 5.56 Å². The highest BCUT2D eigenvalue weighted by Crippen LogP contribution is 2.26. The lowest BCUT2D eigenvalue weighted by Crippen LogP contribution is -2.50. The summed E-state index contributed by atoms with van der Waals surface area (Å²) in [7, 11) is 1.59. The fourth-order valence-corrected chi connectivity index (χ4v) is 3.75. The molecule has 5 nitrogen and oxygen atoms in total.